The van der Waals surface area contributed by atoms with Crippen molar-refractivity contribution in [3.8, 4) is 0 Å². The van der Waals surface area contributed by atoms with Crippen LogP contribution in [0.3, 0.4) is 0 Å². The summed E-state index contributed by atoms with van der Waals surface area (Å²) in [6, 6.07) is 2.42. The van der Waals surface area contributed by atoms with Gasteiger partial charge in [-0.3, -0.25) is 0 Å². The predicted octanol–water partition coefficient (Wildman–Crippen LogP) is 0.914. The Bertz CT molecular complexity index is 302. The van der Waals surface area contributed by atoms with E-state index in [1.165, 1.54) is 13.2 Å². The minimum absolute atomic E-state index is 0.104. The molecule has 66 valence electrons. The van der Waals surface area contributed by atoms with Gasteiger partial charge in [0, 0.05) is 6.26 Å². The molecule has 1 rings (SSSR count). The van der Waals surface area contributed by atoms with Crippen LogP contribution in [0.1, 0.15) is 10.4 Å². The summed E-state index contributed by atoms with van der Waals surface area (Å²) < 4.78 is 8.64. The molecule has 1 aromatic rings. The van der Waals surface area contributed by atoms with Crippen molar-refractivity contribution in [3.63, 3.8) is 0 Å². The predicted molar refractivity (Wildman–Crippen MR) is 41.0 cm³/mol. The number of esters is 1. The molecule has 0 aliphatic carbocycles. The van der Waals surface area contributed by atoms with Crippen molar-refractivity contribution < 1.29 is 31.3 Å². The van der Waals surface area contributed by atoms with E-state index in [1.54, 1.807) is 0 Å². The second-order valence-corrected chi connectivity index (χ2v) is 1.76. The molecule has 0 fully saturated rings. The minimum atomic E-state index is -0.575. The fourth-order valence-corrected chi connectivity index (χ4v) is 0.544. The van der Waals surface area contributed by atoms with Crippen molar-refractivity contribution in [2.24, 2.45) is 0 Å². The summed E-state index contributed by atoms with van der Waals surface area (Å²) in [5.41, 5.74) is -0.440. The van der Waals surface area contributed by atoms with Crippen LogP contribution in [-0.2, 0) is 22.0 Å². The molecule has 0 atom stereocenters. The molecular formula is C7H5ClO4Zn. The Hall–Kier alpha value is -0.667. The van der Waals surface area contributed by atoms with Crippen LogP contribution in [0.25, 0.3) is 0 Å². The van der Waals surface area contributed by atoms with Crippen LogP contribution in [0, 0.1) is 6.26 Å². The molecule has 1 heterocycles. The summed E-state index contributed by atoms with van der Waals surface area (Å²) in [6.45, 7) is 0. The van der Waals surface area contributed by atoms with Crippen LogP contribution < -0.4 is 5.63 Å². The van der Waals surface area contributed by atoms with Gasteiger partial charge in [0.15, 0.2) is 0 Å². The van der Waals surface area contributed by atoms with Gasteiger partial charge in [-0.15, -0.1) is 6.07 Å². The van der Waals surface area contributed by atoms with Gasteiger partial charge < -0.3 is 18.7 Å². The monoisotopic (exact) mass is 252 g/mol. The van der Waals surface area contributed by atoms with Gasteiger partial charge in [0.1, 0.15) is 0 Å². The molecule has 0 amide bonds. The fraction of sp³-hybridized carbons (Fsp3) is 0.143. The van der Waals surface area contributed by atoms with Crippen LogP contribution in [0.15, 0.2) is 21.3 Å². The Morgan fingerprint density at radius 2 is 2.23 bits per heavy atom. The van der Waals surface area contributed by atoms with Crippen LogP contribution in [0.5, 0.6) is 0 Å². The number of halogens is 1. The van der Waals surface area contributed by atoms with Crippen molar-refractivity contribution in [3.05, 3.63) is 34.4 Å². The van der Waals surface area contributed by atoms with Crippen LogP contribution >= 0.6 is 9.69 Å². The molecule has 1 aromatic heterocycles. The first-order valence-corrected chi connectivity index (χ1v) is 7.01. The van der Waals surface area contributed by atoms with Gasteiger partial charge in [-0.05, 0) is 5.56 Å². The van der Waals surface area contributed by atoms with Gasteiger partial charge in [-0.2, -0.15) is 0 Å². The first-order chi connectivity index (χ1) is 6.24. The molecule has 0 spiro atoms. The Morgan fingerprint density at radius 3 is 2.62 bits per heavy atom. The molecule has 0 saturated carbocycles. The number of ether oxygens (including phenoxy) is 1. The molecule has 13 heavy (non-hydrogen) atoms. The zero-order chi connectivity index (χ0) is 10.3. The molecular weight excluding hydrogens is 249 g/mol. The summed E-state index contributed by atoms with van der Waals surface area (Å²) in [5, 5.41) is 0. The van der Waals surface area contributed by atoms with Crippen LogP contribution in [0.4, 0.5) is 0 Å². The number of rotatable bonds is 1. The average molecular weight is 254 g/mol. The van der Waals surface area contributed by atoms with Gasteiger partial charge in [0.05, 0.1) is 7.11 Å². The van der Waals surface area contributed by atoms with Crippen LogP contribution in [0.2, 0.25) is 0 Å². The molecule has 4 nitrogen and oxygen atoms in total. The summed E-state index contributed by atoms with van der Waals surface area (Å²) in [4.78, 5) is 21.1. The SMILES string of the molecule is COC(=O)c1[c-]oc(=O)cc1.[Cl][Zn+]. The maximum absolute atomic E-state index is 10.7. The maximum atomic E-state index is 10.7. The molecule has 0 aliphatic heterocycles. The van der Waals surface area contributed by atoms with Crippen molar-refractivity contribution in [1.29, 1.82) is 0 Å². The number of methoxy groups -OCH3 is 1. The van der Waals surface area contributed by atoms with E-state index in [4.69, 9.17) is 9.69 Å². The molecule has 6 heteroatoms. The molecule has 0 radical (unpaired) electrons. The van der Waals surface area contributed by atoms with Gasteiger partial charge in [-0.25, -0.2) is 0 Å². The zero-order valence-corrected chi connectivity index (χ0v) is 10.6. The van der Waals surface area contributed by atoms with E-state index in [0.717, 1.165) is 23.4 Å². The first kappa shape index (κ1) is 12.3. The van der Waals surface area contributed by atoms with E-state index in [2.05, 4.69) is 15.4 Å². The van der Waals surface area contributed by atoms with Gasteiger partial charge in [0.25, 0.3) is 5.97 Å². The summed E-state index contributed by atoms with van der Waals surface area (Å²) in [7, 11) is 6.00. The van der Waals surface area contributed by atoms with Crippen molar-refractivity contribution >= 4 is 15.7 Å². The van der Waals surface area contributed by atoms with E-state index < -0.39 is 11.6 Å². The van der Waals surface area contributed by atoms with Crippen molar-refractivity contribution in [2.45, 2.75) is 0 Å². The third kappa shape index (κ3) is 4.20. The second-order valence-electron chi connectivity index (χ2n) is 1.76. The zero-order valence-electron chi connectivity index (χ0n) is 6.87. The Labute approximate surface area is 88.6 Å². The normalized spacial score (nSPS) is 8.31. The molecule has 0 bridgehead atoms. The Balaban J connectivity index is 0.000000671. The molecule has 0 aliphatic rings. The molecule has 0 N–H and O–H groups in total. The summed E-state index contributed by atoms with van der Waals surface area (Å²) in [6.07, 6.45) is 2.13. The van der Waals surface area contributed by atoms with Gasteiger partial charge in [0.2, 0.25) is 5.63 Å². The first-order valence-electron chi connectivity index (χ1n) is 3.11. The van der Waals surface area contributed by atoms with E-state index in [-0.39, 0.29) is 5.56 Å². The van der Waals surface area contributed by atoms with Crippen molar-refractivity contribution in [1.82, 2.24) is 0 Å². The van der Waals surface area contributed by atoms with E-state index in [0.29, 0.717) is 0 Å². The number of hydrogen-bond acceptors (Lipinski definition) is 4. The summed E-state index contributed by atoms with van der Waals surface area (Å²) >= 11 is 0.847. The van der Waals surface area contributed by atoms with Crippen molar-refractivity contribution in [2.75, 3.05) is 7.11 Å². The Kier molecular flexibility index (Phi) is 6.46. The molecule has 0 saturated heterocycles. The second kappa shape index (κ2) is 6.81. The van der Waals surface area contributed by atoms with Gasteiger partial charge >= 0.3 is 27.0 Å². The summed E-state index contributed by atoms with van der Waals surface area (Å²) in [5.74, 6) is -0.575. The molecule has 0 unspecified atom stereocenters. The number of hydrogen-bond donors (Lipinski definition) is 0. The number of carbonyl (C=O) groups is 1. The van der Waals surface area contributed by atoms with E-state index in [9.17, 15) is 9.59 Å². The third-order valence-electron chi connectivity index (χ3n) is 1.05. The topological polar surface area (TPSA) is 56.5 Å². The van der Waals surface area contributed by atoms with E-state index >= 15 is 0 Å². The van der Waals surface area contributed by atoms with E-state index in [1.807, 2.05) is 0 Å². The Morgan fingerprint density at radius 1 is 1.62 bits per heavy atom. The van der Waals surface area contributed by atoms with Crippen LogP contribution in [-0.4, -0.2) is 13.1 Å². The average Bonchev–Trinajstić information content (AvgIpc) is 2.21. The molecule has 0 aromatic carbocycles. The number of carbonyl (C=O) groups excluding carboxylic acids is 1. The third-order valence-corrected chi connectivity index (χ3v) is 1.05. The standard InChI is InChI=1S/C7H5O4.ClH.Zn/c1-10-7(9)5-2-3-6(8)11-4-5;;/h2-3H,1H3;1H;/q-1;;+2/p-1. The van der Waals surface area contributed by atoms with Gasteiger partial charge in [-0.1, -0.05) is 6.07 Å². The fourth-order valence-electron chi connectivity index (χ4n) is 0.544. The quantitative estimate of drug-likeness (QED) is 0.424.